The number of nitrogens with one attached hydrogen (secondary N) is 2. The Balaban J connectivity index is 1.60. The number of fused-ring (bicyclic) bond motifs is 1. The van der Waals surface area contributed by atoms with Crippen molar-refractivity contribution in [2.75, 3.05) is 16.8 Å². The largest absolute Gasteiger partial charge is 0.454 e. The number of nitrogens with zero attached hydrogens (tertiary/aromatic N) is 1. The number of sulfonamides is 1. The van der Waals surface area contributed by atoms with E-state index in [0.29, 0.717) is 17.2 Å². The Morgan fingerprint density at radius 1 is 0.967 bits per heavy atom. The van der Waals surface area contributed by atoms with Crippen molar-refractivity contribution in [2.24, 2.45) is 0 Å². The fourth-order valence-corrected chi connectivity index (χ4v) is 3.97. The van der Waals surface area contributed by atoms with Crippen molar-refractivity contribution in [3.63, 3.8) is 0 Å². The van der Waals surface area contributed by atoms with Crippen LogP contribution in [0.15, 0.2) is 71.6 Å². The van der Waals surface area contributed by atoms with Gasteiger partial charge in [0.15, 0.2) is 11.5 Å². The lowest BCUT2D eigenvalue weighted by Crippen LogP contribution is -2.16. The maximum Gasteiger partial charge on any atom is 0.261 e. The Bertz CT molecular complexity index is 1270. The summed E-state index contributed by atoms with van der Waals surface area (Å²) in [6.45, 7) is -0.00498. The number of nitriles is 1. The first-order chi connectivity index (χ1) is 14.5. The van der Waals surface area contributed by atoms with Gasteiger partial charge in [-0.3, -0.25) is 9.52 Å². The number of amides is 1. The van der Waals surface area contributed by atoms with Crippen LogP contribution in [0.5, 0.6) is 11.5 Å². The Hall–Kier alpha value is -4.03. The van der Waals surface area contributed by atoms with E-state index in [4.69, 9.17) is 9.47 Å². The molecule has 0 unspecified atom stereocenters. The first-order valence-corrected chi connectivity index (χ1v) is 10.3. The minimum absolute atomic E-state index is 0.00498. The fraction of sp³-hybridized carbons (Fsp3) is 0.0476. The summed E-state index contributed by atoms with van der Waals surface area (Å²) in [6.07, 6.45) is 0. The van der Waals surface area contributed by atoms with E-state index in [0.717, 1.165) is 0 Å². The van der Waals surface area contributed by atoms with Crippen LogP contribution in [0.1, 0.15) is 15.9 Å². The van der Waals surface area contributed by atoms with Gasteiger partial charge in [-0.05, 0) is 30.3 Å². The molecule has 2 N–H and O–H groups in total. The van der Waals surface area contributed by atoms with Crippen LogP contribution in [-0.2, 0) is 10.0 Å². The van der Waals surface area contributed by atoms with Crippen LogP contribution in [-0.4, -0.2) is 21.1 Å². The number of para-hydroxylation sites is 1. The summed E-state index contributed by atoms with van der Waals surface area (Å²) in [7, 11) is -4.07. The van der Waals surface area contributed by atoms with Gasteiger partial charge in [0.05, 0.1) is 16.1 Å². The molecule has 1 aliphatic rings. The number of ether oxygens (including phenoxy) is 2. The molecular weight excluding hydrogens is 406 g/mol. The maximum absolute atomic E-state index is 12.9. The molecule has 0 saturated carbocycles. The normalized spacial score (nSPS) is 12.1. The molecule has 0 radical (unpaired) electrons. The third-order valence-corrected chi connectivity index (χ3v) is 5.68. The van der Waals surface area contributed by atoms with Crippen LogP contribution in [0.2, 0.25) is 0 Å². The second-order valence-corrected chi connectivity index (χ2v) is 8.00. The van der Waals surface area contributed by atoms with Gasteiger partial charge in [-0.15, -0.1) is 0 Å². The number of rotatable bonds is 5. The quantitative estimate of drug-likeness (QED) is 0.652. The monoisotopic (exact) mass is 421 g/mol. The van der Waals surface area contributed by atoms with Crippen LogP contribution < -0.4 is 19.5 Å². The number of carbonyl (C=O) groups excluding carboxylic acids is 1. The molecular formula is C21H15N3O5S. The van der Waals surface area contributed by atoms with Crippen molar-refractivity contribution in [1.82, 2.24) is 0 Å². The molecule has 0 spiro atoms. The second-order valence-electron chi connectivity index (χ2n) is 6.32. The summed E-state index contributed by atoms with van der Waals surface area (Å²) in [5.74, 6) is 0.260. The van der Waals surface area contributed by atoms with Gasteiger partial charge in [-0.25, -0.2) is 8.42 Å². The molecule has 150 valence electrons. The van der Waals surface area contributed by atoms with Crippen LogP contribution in [0, 0.1) is 11.3 Å². The zero-order valence-corrected chi connectivity index (χ0v) is 16.3. The van der Waals surface area contributed by atoms with Crippen LogP contribution in [0.25, 0.3) is 0 Å². The first-order valence-electron chi connectivity index (χ1n) is 8.79. The van der Waals surface area contributed by atoms with Crippen molar-refractivity contribution < 1.29 is 22.7 Å². The summed E-state index contributed by atoms with van der Waals surface area (Å²) in [6, 6.07) is 19.2. The highest BCUT2D eigenvalue weighted by molar-refractivity contribution is 7.92. The Morgan fingerprint density at radius 2 is 1.70 bits per heavy atom. The molecule has 0 bridgehead atoms. The van der Waals surface area contributed by atoms with Gasteiger partial charge in [0.1, 0.15) is 6.07 Å². The molecule has 9 heteroatoms. The lowest BCUT2D eigenvalue weighted by molar-refractivity contribution is 0.102. The SMILES string of the molecule is N#Cc1cc2c(cc1NS(=O)(=O)c1cccc(C(=O)Nc3ccccc3)c1)OCO2. The minimum atomic E-state index is -4.07. The number of carbonyl (C=O) groups is 1. The van der Waals surface area contributed by atoms with E-state index in [1.54, 1.807) is 24.3 Å². The van der Waals surface area contributed by atoms with Gasteiger partial charge in [0, 0.05) is 23.4 Å². The minimum Gasteiger partial charge on any atom is -0.454 e. The van der Waals surface area contributed by atoms with Gasteiger partial charge in [0.2, 0.25) is 6.79 Å². The Morgan fingerprint density at radius 3 is 2.43 bits per heavy atom. The van der Waals surface area contributed by atoms with E-state index >= 15 is 0 Å². The van der Waals surface area contributed by atoms with Crippen molar-refractivity contribution in [2.45, 2.75) is 4.90 Å². The van der Waals surface area contributed by atoms with E-state index in [1.807, 2.05) is 12.1 Å². The average Bonchev–Trinajstić information content (AvgIpc) is 3.21. The van der Waals surface area contributed by atoms with Gasteiger partial charge in [-0.1, -0.05) is 24.3 Å². The highest BCUT2D eigenvalue weighted by Gasteiger charge is 2.22. The van der Waals surface area contributed by atoms with Crippen LogP contribution >= 0.6 is 0 Å². The van der Waals surface area contributed by atoms with E-state index in [-0.39, 0.29) is 28.5 Å². The molecule has 0 atom stereocenters. The fourth-order valence-electron chi connectivity index (χ4n) is 2.85. The number of anilines is 2. The van der Waals surface area contributed by atoms with Crippen LogP contribution in [0.4, 0.5) is 11.4 Å². The second kappa shape index (κ2) is 7.77. The number of benzene rings is 3. The zero-order valence-electron chi connectivity index (χ0n) is 15.5. The lowest BCUT2D eigenvalue weighted by atomic mass is 10.2. The third-order valence-electron chi connectivity index (χ3n) is 4.32. The molecule has 0 aliphatic carbocycles. The topological polar surface area (TPSA) is 118 Å². The van der Waals surface area contributed by atoms with Gasteiger partial charge >= 0.3 is 0 Å². The Kier molecular flexibility index (Phi) is 5.00. The standard InChI is InChI=1S/C21H15N3O5S/c22-12-15-10-19-20(29-13-28-19)11-18(15)24-30(26,27)17-8-4-5-14(9-17)21(25)23-16-6-2-1-3-7-16/h1-11,24H,13H2,(H,23,25). The smallest absolute Gasteiger partial charge is 0.261 e. The Labute approximate surface area is 172 Å². The third kappa shape index (κ3) is 3.90. The molecule has 0 saturated heterocycles. The van der Waals surface area contributed by atoms with Crippen molar-refractivity contribution >= 4 is 27.3 Å². The van der Waals surface area contributed by atoms with Crippen molar-refractivity contribution in [3.05, 3.63) is 77.9 Å². The molecule has 1 amide bonds. The summed E-state index contributed by atoms with van der Waals surface area (Å²) >= 11 is 0. The van der Waals surface area contributed by atoms with E-state index in [2.05, 4.69) is 10.0 Å². The summed E-state index contributed by atoms with van der Waals surface area (Å²) in [5.41, 5.74) is 0.905. The average molecular weight is 421 g/mol. The summed E-state index contributed by atoms with van der Waals surface area (Å²) < 4.78 is 38.6. The van der Waals surface area contributed by atoms with Crippen molar-refractivity contribution in [1.29, 1.82) is 5.26 Å². The molecule has 3 aromatic carbocycles. The predicted molar refractivity (Wildman–Crippen MR) is 109 cm³/mol. The van der Waals surface area contributed by atoms with Crippen molar-refractivity contribution in [3.8, 4) is 17.6 Å². The van der Waals surface area contributed by atoms with Crippen LogP contribution in [0.3, 0.4) is 0 Å². The molecule has 8 nitrogen and oxygen atoms in total. The van der Waals surface area contributed by atoms with Gasteiger partial charge in [0.25, 0.3) is 15.9 Å². The number of hydrogen-bond donors (Lipinski definition) is 2. The van der Waals surface area contributed by atoms with Gasteiger partial charge in [-0.2, -0.15) is 5.26 Å². The summed E-state index contributed by atoms with van der Waals surface area (Å²) in [5, 5.41) is 12.0. The molecule has 0 fully saturated rings. The molecule has 3 aromatic rings. The highest BCUT2D eigenvalue weighted by Crippen LogP contribution is 2.37. The number of hydrogen-bond acceptors (Lipinski definition) is 6. The van der Waals surface area contributed by atoms with E-state index < -0.39 is 15.9 Å². The zero-order chi connectivity index (χ0) is 21.1. The first kappa shape index (κ1) is 19.3. The molecule has 30 heavy (non-hydrogen) atoms. The summed E-state index contributed by atoms with van der Waals surface area (Å²) in [4.78, 5) is 12.4. The lowest BCUT2D eigenvalue weighted by Gasteiger charge is -2.11. The van der Waals surface area contributed by atoms with E-state index in [9.17, 15) is 18.5 Å². The molecule has 1 aliphatic heterocycles. The van der Waals surface area contributed by atoms with E-state index in [1.165, 1.54) is 36.4 Å². The highest BCUT2D eigenvalue weighted by atomic mass is 32.2. The maximum atomic E-state index is 12.9. The molecule has 1 heterocycles. The predicted octanol–water partition coefficient (Wildman–Crippen LogP) is 3.34. The van der Waals surface area contributed by atoms with Gasteiger partial charge < -0.3 is 14.8 Å². The molecule has 0 aromatic heterocycles. The molecule has 4 rings (SSSR count).